The summed E-state index contributed by atoms with van der Waals surface area (Å²) in [6.07, 6.45) is 0. The fourth-order valence-corrected chi connectivity index (χ4v) is 3.56. The summed E-state index contributed by atoms with van der Waals surface area (Å²) < 4.78 is 6.61. The molecule has 6 heteroatoms. The minimum atomic E-state index is -0.614. The summed E-state index contributed by atoms with van der Waals surface area (Å²) in [5.74, 6) is 0.133. The summed E-state index contributed by atoms with van der Waals surface area (Å²) in [7, 11) is 1.57. The van der Waals surface area contributed by atoms with Crippen molar-refractivity contribution in [3.63, 3.8) is 0 Å². The molecule has 0 saturated carbocycles. The minimum Gasteiger partial charge on any atom is -0.483 e. The van der Waals surface area contributed by atoms with Crippen molar-refractivity contribution in [2.75, 3.05) is 13.7 Å². The van der Waals surface area contributed by atoms with E-state index >= 15 is 0 Å². The maximum Gasteiger partial charge on any atom is 0.261 e. The van der Waals surface area contributed by atoms with E-state index in [1.54, 1.807) is 18.9 Å². The van der Waals surface area contributed by atoms with Crippen LogP contribution in [-0.4, -0.2) is 36.4 Å². The van der Waals surface area contributed by atoms with Gasteiger partial charge in [0.05, 0.1) is 4.47 Å². The zero-order valence-corrected chi connectivity index (χ0v) is 20.2. The van der Waals surface area contributed by atoms with Gasteiger partial charge in [0, 0.05) is 13.6 Å². The largest absolute Gasteiger partial charge is 0.483 e. The number of halogens is 1. The van der Waals surface area contributed by atoms with Gasteiger partial charge in [0.1, 0.15) is 11.8 Å². The molecule has 2 aromatic rings. The number of aryl methyl sites for hydroxylation is 1. The molecule has 0 saturated heterocycles. The van der Waals surface area contributed by atoms with Crippen molar-refractivity contribution in [3.8, 4) is 5.75 Å². The highest BCUT2D eigenvalue weighted by Gasteiger charge is 2.26. The van der Waals surface area contributed by atoms with Gasteiger partial charge in [0.15, 0.2) is 6.61 Å². The zero-order chi connectivity index (χ0) is 22.5. The van der Waals surface area contributed by atoms with Crippen LogP contribution in [0.1, 0.15) is 44.4 Å². The lowest BCUT2D eigenvalue weighted by atomic mass is 9.87. The van der Waals surface area contributed by atoms with E-state index in [-0.39, 0.29) is 23.8 Å². The summed E-state index contributed by atoms with van der Waals surface area (Å²) >= 11 is 3.54. The molecular weight excluding hydrogens is 444 g/mol. The molecule has 0 aliphatic carbocycles. The number of ether oxygens (including phenoxy) is 1. The van der Waals surface area contributed by atoms with Crippen LogP contribution in [-0.2, 0) is 21.5 Å². The van der Waals surface area contributed by atoms with Crippen LogP contribution >= 0.6 is 15.9 Å². The van der Waals surface area contributed by atoms with Crippen molar-refractivity contribution >= 4 is 27.7 Å². The normalized spacial score (nSPS) is 12.2. The molecule has 0 spiro atoms. The number of likely N-dealkylation sites (N-methyl/N-ethyl adjacent to an activating group) is 1. The van der Waals surface area contributed by atoms with Crippen molar-refractivity contribution < 1.29 is 14.3 Å². The third-order valence-corrected chi connectivity index (χ3v) is 5.78. The molecule has 162 valence electrons. The van der Waals surface area contributed by atoms with Gasteiger partial charge in [0.2, 0.25) is 5.91 Å². The Hall–Kier alpha value is -2.34. The molecule has 1 atom stereocenters. The number of carbonyl (C=O) groups is 2. The summed E-state index contributed by atoms with van der Waals surface area (Å²) in [4.78, 5) is 26.8. The van der Waals surface area contributed by atoms with Crippen LogP contribution in [0.2, 0.25) is 0 Å². The van der Waals surface area contributed by atoms with Gasteiger partial charge in [-0.25, -0.2) is 0 Å². The smallest absolute Gasteiger partial charge is 0.261 e. The first-order valence-electron chi connectivity index (χ1n) is 10.0. The van der Waals surface area contributed by atoms with Gasteiger partial charge in [0.25, 0.3) is 5.91 Å². The molecule has 0 aromatic heterocycles. The Bertz CT molecular complexity index is 906. The number of benzene rings is 2. The van der Waals surface area contributed by atoms with Gasteiger partial charge in [-0.05, 0) is 64.0 Å². The van der Waals surface area contributed by atoms with E-state index < -0.39 is 6.04 Å². The molecule has 2 aromatic carbocycles. The van der Waals surface area contributed by atoms with Gasteiger partial charge in [-0.2, -0.15) is 0 Å². The Morgan fingerprint density at radius 2 is 1.83 bits per heavy atom. The maximum absolute atomic E-state index is 13.0. The number of nitrogens with zero attached hydrogens (tertiary/aromatic N) is 1. The van der Waals surface area contributed by atoms with Crippen LogP contribution in [0.15, 0.2) is 46.9 Å². The van der Waals surface area contributed by atoms with E-state index in [1.165, 1.54) is 5.56 Å². The fourth-order valence-electron chi connectivity index (χ4n) is 3.07. The van der Waals surface area contributed by atoms with E-state index in [1.807, 2.05) is 49.4 Å². The van der Waals surface area contributed by atoms with E-state index in [0.29, 0.717) is 12.3 Å². The molecule has 0 heterocycles. The van der Waals surface area contributed by atoms with Crippen LogP contribution in [0.4, 0.5) is 0 Å². The molecule has 5 nitrogen and oxygen atoms in total. The van der Waals surface area contributed by atoms with E-state index in [4.69, 9.17) is 4.74 Å². The first kappa shape index (κ1) is 23.9. The first-order valence-corrected chi connectivity index (χ1v) is 10.8. The summed E-state index contributed by atoms with van der Waals surface area (Å²) in [5.41, 5.74) is 3.25. The van der Waals surface area contributed by atoms with Gasteiger partial charge in [-0.15, -0.1) is 0 Å². The van der Waals surface area contributed by atoms with Gasteiger partial charge < -0.3 is 15.0 Å². The van der Waals surface area contributed by atoms with Crippen LogP contribution in [0, 0.1) is 6.92 Å². The number of rotatable bonds is 7. The fraction of sp³-hybridized carbons (Fsp3) is 0.417. The lowest BCUT2D eigenvalue weighted by Gasteiger charge is -2.29. The average molecular weight is 475 g/mol. The maximum atomic E-state index is 13.0. The van der Waals surface area contributed by atoms with Gasteiger partial charge in [-0.3, -0.25) is 9.59 Å². The third kappa shape index (κ3) is 6.08. The molecule has 30 heavy (non-hydrogen) atoms. The van der Waals surface area contributed by atoms with Crippen molar-refractivity contribution in [3.05, 3.63) is 63.6 Å². The molecule has 0 bridgehead atoms. The molecule has 0 unspecified atom stereocenters. The Morgan fingerprint density at radius 3 is 2.40 bits per heavy atom. The number of carbonyl (C=O) groups excluding carboxylic acids is 2. The minimum absolute atomic E-state index is 0.0180. The van der Waals surface area contributed by atoms with Crippen molar-refractivity contribution in [2.45, 2.75) is 52.6 Å². The lowest BCUT2D eigenvalue weighted by Crippen LogP contribution is -2.48. The Kier molecular flexibility index (Phi) is 8.07. The lowest BCUT2D eigenvalue weighted by molar-refractivity contribution is -0.142. The topological polar surface area (TPSA) is 58.6 Å². The van der Waals surface area contributed by atoms with Crippen LogP contribution in [0.25, 0.3) is 0 Å². The Labute approximate surface area is 187 Å². The van der Waals surface area contributed by atoms with E-state index in [0.717, 1.165) is 15.6 Å². The number of amides is 2. The highest BCUT2D eigenvalue weighted by Crippen LogP contribution is 2.31. The van der Waals surface area contributed by atoms with Crippen molar-refractivity contribution in [1.29, 1.82) is 0 Å². The SMILES string of the molecule is CNC(=O)[C@@H](C)N(Cc1ccccc1C)C(=O)COc1ccc(C(C)(C)C)cc1Br. The standard InChI is InChI=1S/C24H31BrN2O3/c1-16-9-7-8-10-18(16)14-27(17(2)23(29)26-6)22(28)15-30-21-12-11-19(13-20(21)25)24(3,4)5/h7-13,17H,14-15H2,1-6H3,(H,26,29)/t17-/m1/s1. The molecule has 1 N–H and O–H groups in total. The summed E-state index contributed by atoms with van der Waals surface area (Å²) in [6, 6.07) is 13.1. The monoisotopic (exact) mass is 474 g/mol. The predicted octanol–water partition coefficient (Wildman–Crippen LogP) is 4.60. The first-order chi connectivity index (χ1) is 14.0. The number of nitrogens with one attached hydrogen (secondary N) is 1. The quantitative estimate of drug-likeness (QED) is 0.637. The summed E-state index contributed by atoms with van der Waals surface area (Å²) in [6.45, 7) is 10.3. The van der Waals surface area contributed by atoms with E-state index in [2.05, 4.69) is 42.0 Å². The molecule has 0 fully saturated rings. The molecule has 0 aliphatic rings. The third-order valence-electron chi connectivity index (χ3n) is 5.16. The molecule has 2 amide bonds. The van der Waals surface area contributed by atoms with Crippen LogP contribution in [0.3, 0.4) is 0 Å². The van der Waals surface area contributed by atoms with Gasteiger partial charge in [-0.1, -0.05) is 51.1 Å². The number of hydrogen-bond donors (Lipinski definition) is 1. The Morgan fingerprint density at radius 1 is 1.17 bits per heavy atom. The van der Waals surface area contributed by atoms with Crippen molar-refractivity contribution in [2.24, 2.45) is 0 Å². The molecular formula is C24H31BrN2O3. The van der Waals surface area contributed by atoms with Crippen LogP contribution < -0.4 is 10.1 Å². The predicted molar refractivity (Wildman–Crippen MR) is 124 cm³/mol. The highest BCUT2D eigenvalue weighted by atomic mass is 79.9. The second-order valence-corrected chi connectivity index (χ2v) is 9.28. The molecule has 0 radical (unpaired) electrons. The highest BCUT2D eigenvalue weighted by molar-refractivity contribution is 9.10. The number of hydrogen-bond acceptors (Lipinski definition) is 3. The van der Waals surface area contributed by atoms with Gasteiger partial charge >= 0.3 is 0 Å². The second kappa shape index (κ2) is 10.1. The van der Waals surface area contributed by atoms with E-state index in [9.17, 15) is 9.59 Å². The van der Waals surface area contributed by atoms with Crippen LogP contribution in [0.5, 0.6) is 5.75 Å². The second-order valence-electron chi connectivity index (χ2n) is 8.42. The average Bonchev–Trinajstić information content (AvgIpc) is 2.70. The molecule has 0 aliphatic heterocycles. The van der Waals surface area contributed by atoms with Crippen molar-refractivity contribution in [1.82, 2.24) is 10.2 Å². The molecule has 2 rings (SSSR count). The zero-order valence-electron chi connectivity index (χ0n) is 18.6. The summed E-state index contributed by atoms with van der Waals surface area (Å²) in [5, 5.41) is 2.62. The Balaban J connectivity index is 2.18.